The van der Waals surface area contributed by atoms with E-state index in [9.17, 15) is 9.59 Å². The van der Waals surface area contributed by atoms with Gasteiger partial charge in [-0.3, -0.25) is 9.59 Å². The molecule has 2 rings (SSSR count). The Morgan fingerprint density at radius 1 is 0.771 bits per heavy atom. The van der Waals surface area contributed by atoms with Crippen LogP contribution in [0.25, 0.3) is 0 Å². The maximum absolute atomic E-state index is 10.5. The van der Waals surface area contributed by atoms with Crippen LogP contribution < -0.4 is 0 Å². The van der Waals surface area contributed by atoms with Crippen molar-refractivity contribution in [3.8, 4) is 0 Å². The summed E-state index contributed by atoms with van der Waals surface area (Å²) < 4.78 is 9.70. The van der Waals surface area contributed by atoms with Crippen molar-refractivity contribution < 1.29 is 84.5 Å². The molecule has 0 aliphatic rings. The Kier molecular flexibility index (Phi) is 43.1. The largest absolute Gasteiger partial charge is 0.461 e. The summed E-state index contributed by atoms with van der Waals surface area (Å²) in [6.07, 6.45) is 2.00. The van der Waals surface area contributed by atoms with Crippen molar-refractivity contribution in [3.05, 3.63) is 98.0 Å². The van der Waals surface area contributed by atoms with E-state index >= 15 is 0 Å². The van der Waals surface area contributed by atoms with Gasteiger partial charge in [0.25, 0.3) is 0 Å². The van der Waals surface area contributed by atoms with E-state index in [2.05, 4.69) is 20.8 Å². The monoisotopic (exact) mass is 636 g/mol. The molecule has 0 aliphatic carbocycles. The number of benzene rings is 2. The molecule has 35 heavy (non-hydrogen) atoms. The number of ether oxygens (including phenoxy) is 2. The van der Waals surface area contributed by atoms with Crippen molar-refractivity contribution in [2.24, 2.45) is 0 Å². The third-order valence-electron chi connectivity index (χ3n) is 3.25. The molecule has 0 aliphatic heterocycles. The standard InChI is InChI=1S/2C10H12O2.C4H9.C3H7.2CH3.2Y/c1-8-3-5-10(6-4-8)7-12-9(2)11;1-8-5-3-4-6-10(8)7-12-9(2)11;1-4(2)3;1-3-2;;;;/h2*3-6H,7H2,1-2H3;1-3H3;3H,1-2H3;2*1H3;;/q;;4*-1;;. The van der Waals surface area contributed by atoms with E-state index in [0.717, 1.165) is 16.7 Å². The molecule has 0 N–H and O–H groups in total. The molecule has 0 spiro atoms. The molecule has 6 heteroatoms. The predicted octanol–water partition coefficient (Wildman–Crippen LogP) is 7.86. The van der Waals surface area contributed by atoms with Crippen LogP contribution in [0.5, 0.6) is 0 Å². The second-order valence-electron chi connectivity index (χ2n) is 7.55. The first-order chi connectivity index (χ1) is 14.5. The summed E-state index contributed by atoms with van der Waals surface area (Å²) in [6.45, 7) is 17.8. The van der Waals surface area contributed by atoms with E-state index in [0.29, 0.717) is 13.2 Å². The molecule has 0 heterocycles. The van der Waals surface area contributed by atoms with Gasteiger partial charge in [0.2, 0.25) is 0 Å². The fraction of sp³-hybridized carbons (Fsp3) is 0.379. The molecule has 0 aromatic heterocycles. The molecule has 4 nitrogen and oxygen atoms in total. The fourth-order valence-corrected chi connectivity index (χ4v) is 1.82. The number of hydrogen-bond acceptors (Lipinski definition) is 4. The van der Waals surface area contributed by atoms with Crippen LogP contribution in [-0.4, -0.2) is 11.9 Å². The zero-order valence-corrected chi connectivity index (χ0v) is 29.6. The Morgan fingerprint density at radius 3 is 1.51 bits per heavy atom. The van der Waals surface area contributed by atoms with Crippen LogP contribution in [0, 0.1) is 41.0 Å². The van der Waals surface area contributed by atoms with Gasteiger partial charge in [-0.1, -0.05) is 54.1 Å². The summed E-state index contributed by atoms with van der Waals surface area (Å²) in [7, 11) is 0. The number of esters is 2. The van der Waals surface area contributed by atoms with Gasteiger partial charge in [-0.2, -0.15) is 34.6 Å². The number of hydrogen-bond donors (Lipinski definition) is 0. The van der Waals surface area contributed by atoms with E-state index in [1.807, 2.05) is 82.6 Å². The maximum atomic E-state index is 10.5. The molecule has 2 radical (unpaired) electrons. The minimum absolute atomic E-state index is 0. The first kappa shape index (κ1) is 47.7. The second kappa shape index (κ2) is 31.6. The summed E-state index contributed by atoms with van der Waals surface area (Å²) in [5, 5.41) is 0. The maximum Gasteiger partial charge on any atom is 0.302 e. The topological polar surface area (TPSA) is 52.6 Å². The van der Waals surface area contributed by atoms with Crippen molar-refractivity contribution in [1.29, 1.82) is 0 Å². The molecule has 2 aromatic rings. The molecule has 2 aromatic carbocycles. The minimum Gasteiger partial charge on any atom is -0.461 e. The quantitative estimate of drug-likeness (QED) is 0.253. The van der Waals surface area contributed by atoms with Gasteiger partial charge >= 0.3 is 11.9 Å². The summed E-state index contributed by atoms with van der Waals surface area (Å²) in [4.78, 5) is 21.0. The molecule has 0 bridgehead atoms. The zero-order valence-electron chi connectivity index (χ0n) is 23.9. The van der Waals surface area contributed by atoms with Gasteiger partial charge in [-0.05, 0) is 30.5 Å². The molecule has 196 valence electrons. The Bertz CT molecular complexity index is 727. The first-order valence-corrected chi connectivity index (χ1v) is 10.4. The molecule has 0 atom stereocenters. The van der Waals surface area contributed by atoms with Crippen molar-refractivity contribution in [1.82, 2.24) is 0 Å². The summed E-state index contributed by atoms with van der Waals surface area (Å²) in [5.74, 6) is 0.939. The molecule has 0 unspecified atom stereocenters. The van der Waals surface area contributed by atoms with E-state index < -0.39 is 0 Å². The van der Waals surface area contributed by atoms with E-state index in [4.69, 9.17) is 9.47 Å². The van der Waals surface area contributed by atoms with Gasteiger partial charge in [0.1, 0.15) is 13.2 Å². The van der Waals surface area contributed by atoms with Crippen molar-refractivity contribution in [2.75, 3.05) is 0 Å². The number of aryl methyl sites for hydroxylation is 2. The fourth-order valence-electron chi connectivity index (χ4n) is 1.82. The van der Waals surface area contributed by atoms with E-state index in [1.54, 1.807) is 0 Å². The van der Waals surface area contributed by atoms with Crippen LogP contribution >= 0.6 is 0 Å². The Labute approximate surface area is 267 Å². The van der Waals surface area contributed by atoms with Crippen LogP contribution in [0.3, 0.4) is 0 Å². The van der Waals surface area contributed by atoms with Gasteiger partial charge < -0.3 is 36.7 Å². The van der Waals surface area contributed by atoms with Crippen LogP contribution in [0.1, 0.15) is 70.7 Å². The molecule has 0 fully saturated rings. The molecular weight excluding hydrogens is 590 g/mol. The summed E-state index contributed by atoms with van der Waals surface area (Å²) >= 11 is 0. The van der Waals surface area contributed by atoms with Gasteiger partial charge in [0.15, 0.2) is 0 Å². The molecular formula is C29H46O4Y2-4. The Balaban J connectivity index is -0.0000000872. The Morgan fingerprint density at radius 2 is 1.14 bits per heavy atom. The van der Waals surface area contributed by atoms with Gasteiger partial charge in [0, 0.05) is 79.3 Å². The minimum atomic E-state index is -0.240. The van der Waals surface area contributed by atoms with E-state index in [-0.39, 0.29) is 92.2 Å². The second-order valence-corrected chi connectivity index (χ2v) is 7.55. The predicted molar refractivity (Wildman–Crippen MR) is 142 cm³/mol. The molecule has 0 saturated carbocycles. The van der Waals surface area contributed by atoms with Crippen molar-refractivity contribution in [2.45, 2.75) is 75.5 Å². The number of carbonyl (C=O) groups is 2. The zero-order chi connectivity index (χ0) is 24.2. The SMILES string of the molecule is CC(=O)OCc1ccc(C)cc1.CC(=O)OCc1ccccc1C.C[C-](C)C.C[CH-]C.[CH3-].[CH3-].[Y].[Y]. The third kappa shape index (κ3) is 35.8. The van der Waals surface area contributed by atoms with Gasteiger partial charge in [-0.15, -0.1) is 0 Å². The molecule has 0 saturated heterocycles. The van der Waals surface area contributed by atoms with E-state index in [1.165, 1.54) is 25.3 Å². The Hall–Kier alpha value is -0.412. The van der Waals surface area contributed by atoms with Crippen LogP contribution in [0.2, 0.25) is 0 Å². The van der Waals surface area contributed by atoms with Crippen LogP contribution in [0.4, 0.5) is 0 Å². The molecule has 0 amide bonds. The first-order valence-electron chi connectivity index (χ1n) is 10.4. The summed E-state index contributed by atoms with van der Waals surface area (Å²) in [5.41, 5.74) is 4.45. The third-order valence-corrected chi connectivity index (χ3v) is 3.25. The average Bonchev–Trinajstić information content (AvgIpc) is 2.67. The van der Waals surface area contributed by atoms with Gasteiger partial charge in [0.05, 0.1) is 0 Å². The van der Waals surface area contributed by atoms with Crippen molar-refractivity contribution >= 4 is 11.9 Å². The van der Waals surface area contributed by atoms with Crippen molar-refractivity contribution in [3.63, 3.8) is 0 Å². The number of carbonyl (C=O) groups excluding carboxylic acids is 2. The number of rotatable bonds is 4. The summed E-state index contributed by atoms with van der Waals surface area (Å²) in [6, 6.07) is 15.8. The smallest absolute Gasteiger partial charge is 0.302 e. The van der Waals surface area contributed by atoms with Gasteiger partial charge in [-0.25, -0.2) is 0 Å². The average molecular weight is 636 g/mol. The normalized spacial score (nSPS) is 8.06. The van der Waals surface area contributed by atoms with Crippen LogP contribution in [-0.2, 0) is 97.7 Å². The van der Waals surface area contributed by atoms with Crippen LogP contribution in [0.15, 0.2) is 48.5 Å².